The Hall–Kier alpha value is -2.75. The van der Waals surface area contributed by atoms with Crippen molar-refractivity contribution in [1.29, 1.82) is 0 Å². The molecule has 1 N–H and O–H groups in total. The molecule has 0 saturated carbocycles. The zero-order valence-corrected chi connectivity index (χ0v) is 18.7. The van der Waals surface area contributed by atoms with Crippen molar-refractivity contribution in [3.05, 3.63) is 60.7 Å². The predicted molar refractivity (Wildman–Crippen MR) is 122 cm³/mol. The van der Waals surface area contributed by atoms with Crippen molar-refractivity contribution in [2.24, 2.45) is 5.92 Å². The molecule has 0 aromatic heterocycles. The highest BCUT2D eigenvalue weighted by Gasteiger charge is 2.35. The molecule has 2 saturated heterocycles. The number of hydrogen-bond donors (Lipinski definition) is 1. The summed E-state index contributed by atoms with van der Waals surface area (Å²) in [7, 11) is -3.46. The number of anilines is 1. The summed E-state index contributed by atoms with van der Waals surface area (Å²) < 4.78 is 27.0. The van der Waals surface area contributed by atoms with Crippen molar-refractivity contribution in [3.8, 4) is 0 Å². The van der Waals surface area contributed by atoms with Gasteiger partial charge in [-0.25, -0.2) is 8.42 Å². The van der Waals surface area contributed by atoms with Crippen LogP contribution in [0.2, 0.25) is 0 Å². The van der Waals surface area contributed by atoms with Crippen LogP contribution in [0.15, 0.2) is 65.6 Å². The Bertz CT molecular complexity index is 1040. The van der Waals surface area contributed by atoms with Gasteiger partial charge in [-0.15, -0.1) is 0 Å². The number of nitrogens with zero attached hydrogens (tertiary/aromatic N) is 3. The number of benzene rings is 2. The van der Waals surface area contributed by atoms with Crippen molar-refractivity contribution in [2.45, 2.75) is 11.3 Å². The zero-order valence-electron chi connectivity index (χ0n) is 17.9. The predicted octanol–water partition coefficient (Wildman–Crippen LogP) is 1.16. The normalized spacial score (nSPS) is 20.4. The Balaban J connectivity index is 1.21. The minimum absolute atomic E-state index is 0.0351. The van der Waals surface area contributed by atoms with Crippen molar-refractivity contribution in [2.75, 3.05) is 50.7 Å². The van der Waals surface area contributed by atoms with Gasteiger partial charge in [0.15, 0.2) is 0 Å². The lowest BCUT2D eigenvalue weighted by molar-refractivity contribution is -0.126. The fraction of sp³-hybridized carbons (Fsp3) is 0.391. The summed E-state index contributed by atoms with van der Waals surface area (Å²) in [6, 6.07) is 17.9. The number of carbonyl (C=O) groups is 2. The van der Waals surface area contributed by atoms with Crippen molar-refractivity contribution < 1.29 is 18.0 Å². The molecule has 2 aromatic rings. The molecule has 2 amide bonds. The highest BCUT2D eigenvalue weighted by atomic mass is 32.2. The molecule has 2 aliphatic rings. The lowest BCUT2D eigenvalue weighted by atomic mass is 10.1. The number of amides is 2. The average molecular weight is 457 g/mol. The molecule has 32 heavy (non-hydrogen) atoms. The van der Waals surface area contributed by atoms with Gasteiger partial charge in [-0.2, -0.15) is 4.31 Å². The number of piperazine rings is 1. The van der Waals surface area contributed by atoms with Crippen LogP contribution in [0.4, 0.5) is 5.69 Å². The highest BCUT2D eigenvalue weighted by Crippen LogP contribution is 2.24. The monoisotopic (exact) mass is 456 g/mol. The maximum absolute atomic E-state index is 12.7. The largest absolute Gasteiger partial charge is 0.355 e. The number of nitrogens with one attached hydrogen (secondary N) is 1. The Morgan fingerprint density at radius 3 is 2.22 bits per heavy atom. The van der Waals surface area contributed by atoms with E-state index in [1.807, 2.05) is 30.3 Å². The van der Waals surface area contributed by atoms with E-state index in [1.54, 1.807) is 35.2 Å². The Morgan fingerprint density at radius 1 is 0.938 bits per heavy atom. The first-order chi connectivity index (χ1) is 15.4. The number of hydrogen-bond acceptors (Lipinski definition) is 5. The molecule has 0 bridgehead atoms. The molecule has 4 rings (SSSR count). The van der Waals surface area contributed by atoms with Gasteiger partial charge < -0.3 is 10.2 Å². The van der Waals surface area contributed by atoms with Gasteiger partial charge in [0, 0.05) is 57.9 Å². The van der Waals surface area contributed by atoms with Crippen LogP contribution in [-0.4, -0.2) is 75.3 Å². The van der Waals surface area contributed by atoms with E-state index >= 15 is 0 Å². The average Bonchev–Trinajstić information content (AvgIpc) is 3.22. The molecule has 9 heteroatoms. The van der Waals surface area contributed by atoms with Crippen LogP contribution >= 0.6 is 0 Å². The topological polar surface area (TPSA) is 90.0 Å². The van der Waals surface area contributed by atoms with E-state index in [2.05, 4.69) is 10.2 Å². The maximum atomic E-state index is 12.7. The van der Waals surface area contributed by atoms with Crippen LogP contribution in [0.5, 0.6) is 0 Å². The summed E-state index contributed by atoms with van der Waals surface area (Å²) in [4.78, 5) is 29.0. The minimum Gasteiger partial charge on any atom is -0.355 e. The summed E-state index contributed by atoms with van der Waals surface area (Å²) in [6.45, 7) is 3.60. The molecular weight excluding hydrogens is 428 g/mol. The summed E-state index contributed by atoms with van der Waals surface area (Å²) in [5.41, 5.74) is 0.816. The van der Waals surface area contributed by atoms with Crippen molar-refractivity contribution >= 4 is 27.5 Å². The lowest BCUT2D eigenvalue weighted by Gasteiger charge is -2.34. The molecule has 1 atom stereocenters. The van der Waals surface area contributed by atoms with E-state index in [-0.39, 0.29) is 24.2 Å². The molecule has 0 radical (unpaired) electrons. The maximum Gasteiger partial charge on any atom is 0.243 e. The molecule has 2 fully saturated rings. The van der Waals surface area contributed by atoms with E-state index in [9.17, 15) is 18.0 Å². The fourth-order valence-corrected chi connectivity index (χ4v) is 5.60. The van der Waals surface area contributed by atoms with E-state index in [0.29, 0.717) is 50.7 Å². The smallest absolute Gasteiger partial charge is 0.243 e. The third-order valence-corrected chi connectivity index (χ3v) is 7.92. The van der Waals surface area contributed by atoms with E-state index < -0.39 is 10.0 Å². The molecule has 2 aromatic carbocycles. The summed E-state index contributed by atoms with van der Waals surface area (Å²) in [6.07, 6.45) is 0.219. The van der Waals surface area contributed by atoms with Gasteiger partial charge in [-0.05, 0) is 24.3 Å². The molecule has 2 aliphatic heterocycles. The third-order valence-electron chi connectivity index (χ3n) is 6.00. The van der Waals surface area contributed by atoms with Gasteiger partial charge in [0.05, 0.1) is 10.8 Å². The van der Waals surface area contributed by atoms with Gasteiger partial charge in [-0.3, -0.25) is 14.5 Å². The fourth-order valence-electron chi connectivity index (χ4n) is 4.16. The first-order valence-electron chi connectivity index (χ1n) is 10.9. The first kappa shape index (κ1) is 22.4. The molecular formula is C23H28N4O4S. The second-order valence-electron chi connectivity index (χ2n) is 8.09. The molecule has 2 heterocycles. The van der Waals surface area contributed by atoms with Crippen LogP contribution in [-0.2, 0) is 19.6 Å². The van der Waals surface area contributed by atoms with Crippen LogP contribution in [0, 0.1) is 5.92 Å². The van der Waals surface area contributed by atoms with E-state index in [4.69, 9.17) is 0 Å². The number of para-hydroxylation sites is 1. The van der Waals surface area contributed by atoms with Crippen LogP contribution in [0.1, 0.15) is 6.42 Å². The summed E-state index contributed by atoms with van der Waals surface area (Å²) in [5.74, 6) is -0.496. The van der Waals surface area contributed by atoms with Gasteiger partial charge in [0.2, 0.25) is 21.8 Å². The van der Waals surface area contributed by atoms with Crippen molar-refractivity contribution in [1.82, 2.24) is 14.5 Å². The second-order valence-corrected chi connectivity index (χ2v) is 10.0. The zero-order chi connectivity index (χ0) is 22.6. The first-order valence-corrected chi connectivity index (χ1v) is 12.3. The number of carbonyl (C=O) groups excluding carboxylic acids is 2. The van der Waals surface area contributed by atoms with Crippen LogP contribution in [0.25, 0.3) is 0 Å². The van der Waals surface area contributed by atoms with Crippen LogP contribution < -0.4 is 10.2 Å². The highest BCUT2D eigenvalue weighted by molar-refractivity contribution is 7.89. The summed E-state index contributed by atoms with van der Waals surface area (Å²) in [5, 5.41) is 2.94. The number of sulfonamides is 1. The van der Waals surface area contributed by atoms with Gasteiger partial charge in [0.25, 0.3) is 0 Å². The van der Waals surface area contributed by atoms with E-state index in [1.165, 1.54) is 4.31 Å². The molecule has 170 valence electrons. The molecule has 0 aliphatic carbocycles. The summed E-state index contributed by atoms with van der Waals surface area (Å²) >= 11 is 0. The Labute approximate surface area is 188 Å². The van der Waals surface area contributed by atoms with Crippen LogP contribution in [0.3, 0.4) is 0 Å². The quantitative estimate of drug-likeness (QED) is 0.675. The molecule has 8 nitrogen and oxygen atoms in total. The standard InChI is InChI=1S/C23H28N4O4S/c28-22-17-19(18-27(22)20-7-3-1-4-8-20)23(29)24-11-12-25-13-15-26(16-14-25)32(30,31)21-9-5-2-6-10-21/h1-10,19H,11-18H2,(H,24,29). The van der Waals surface area contributed by atoms with E-state index in [0.717, 1.165) is 5.69 Å². The Morgan fingerprint density at radius 2 is 1.56 bits per heavy atom. The molecule has 1 unspecified atom stereocenters. The van der Waals surface area contributed by atoms with Crippen molar-refractivity contribution in [3.63, 3.8) is 0 Å². The van der Waals surface area contributed by atoms with Gasteiger partial charge in [0.1, 0.15) is 0 Å². The Kier molecular flexibility index (Phi) is 6.88. The van der Waals surface area contributed by atoms with Gasteiger partial charge >= 0.3 is 0 Å². The SMILES string of the molecule is O=C(NCCN1CCN(S(=O)(=O)c2ccccc2)CC1)C1CC(=O)N(c2ccccc2)C1. The lowest BCUT2D eigenvalue weighted by Crippen LogP contribution is -2.50. The second kappa shape index (κ2) is 9.81. The minimum atomic E-state index is -3.46. The van der Waals surface area contributed by atoms with Gasteiger partial charge in [-0.1, -0.05) is 36.4 Å². The molecule has 0 spiro atoms. The number of rotatable bonds is 7. The third kappa shape index (κ3) is 5.01.